The molecule has 0 unspecified atom stereocenters. The van der Waals surface area contributed by atoms with Crippen molar-refractivity contribution < 1.29 is 9.90 Å². The van der Waals surface area contributed by atoms with E-state index in [0.717, 1.165) is 16.7 Å². The number of carbonyl (C=O) groups excluding carboxylic acids is 1. The van der Waals surface area contributed by atoms with Crippen LogP contribution in [-0.4, -0.2) is 48.9 Å². The van der Waals surface area contributed by atoms with E-state index in [0.29, 0.717) is 18.7 Å². The summed E-state index contributed by atoms with van der Waals surface area (Å²) in [4.78, 5) is 16.6. The Morgan fingerprint density at radius 2 is 1.46 bits per heavy atom. The van der Waals surface area contributed by atoms with Gasteiger partial charge >= 0.3 is 0 Å². The first kappa shape index (κ1) is 21.9. The molecule has 4 nitrogen and oxygen atoms in total. The van der Waals surface area contributed by atoms with Gasteiger partial charge in [-0.1, -0.05) is 36.4 Å². The number of halogens is 1. The molecule has 0 bridgehead atoms. The van der Waals surface area contributed by atoms with E-state index >= 15 is 0 Å². The number of aromatic hydroxyl groups is 1. The van der Waals surface area contributed by atoms with Crippen molar-refractivity contribution in [3.05, 3.63) is 70.8 Å². The van der Waals surface area contributed by atoms with Crippen LogP contribution in [-0.2, 0) is 13.1 Å². The van der Waals surface area contributed by atoms with Gasteiger partial charge in [0.1, 0.15) is 5.75 Å². The highest BCUT2D eigenvalue weighted by Crippen LogP contribution is 2.27. The fourth-order valence-electron chi connectivity index (χ4n) is 2.66. The molecule has 0 amide bonds. The minimum Gasteiger partial charge on any atom is -0.507 e. The minimum absolute atomic E-state index is 0. The van der Waals surface area contributed by atoms with Crippen LogP contribution in [0.3, 0.4) is 0 Å². The molecule has 2 rings (SSSR count). The van der Waals surface area contributed by atoms with E-state index in [1.165, 1.54) is 0 Å². The molecule has 0 radical (unpaired) electrons. The average molecular weight is 375 g/mol. The number of phenolic OH excluding ortho intramolecular Hbond substituents is 1. The van der Waals surface area contributed by atoms with Crippen molar-refractivity contribution >= 4 is 24.3 Å². The van der Waals surface area contributed by atoms with E-state index in [1.54, 1.807) is 18.2 Å². The lowest BCUT2D eigenvalue weighted by Crippen LogP contribution is -2.15. The summed E-state index contributed by atoms with van der Waals surface area (Å²) in [5.74, 6) is 0.204. The molecule has 0 aromatic heterocycles. The third kappa shape index (κ3) is 6.30. The maximum Gasteiger partial charge on any atom is 0.185 e. The summed E-state index contributed by atoms with van der Waals surface area (Å²) in [5.41, 5.74) is 3.11. The van der Waals surface area contributed by atoms with Gasteiger partial charge in [-0.25, -0.2) is 0 Å². The second-order valence-electron chi connectivity index (χ2n) is 6.73. The summed E-state index contributed by atoms with van der Waals surface area (Å²) in [6, 6.07) is 13.3. The van der Waals surface area contributed by atoms with Gasteiger partial charge in [0.2, 0.25) is 0 Å². The number of phenols is 1. The Labute approximate surface area is 162 Å². The Hall–Kier alpha value is -2.14. The second-order valence-corrected chi connectivity index (χ2v) is 6.73. The van der Waals surface area contributed by atoms with Crippen LogP contribution in [0.1, 0.15) is 27.0 Å². The molecular weight excluding hydrogens is 348 g/mol. The lowest BCUT2D eigenvalue weighted by molar-refractivity contribution is 0.104. The molecule has 1 N–H and O–H groups in total. The van der Waals surface area contributed by atoms with E-state index in [9.17, 15) is 9.90 Å². The van der Waals surface area contributed by atoms with Crippen molar-refractivity contribution in [2.45, 2.75) is 13.1 Å². The predicted molar refractivity (Wildman–Crippen MR) is 110 cm³/mol. The van der Waals surface area contributed by atoms with E-state index in [-0.39, 0.29) is 23.9 Å². The van der Waals surface area contributed by atoms with Crippen molar-refractivity contribution in [3.8, 4) is 5.75 Å². The Bertz CT molecular complexity index is 725. The normalized spacial score (nSPS) is 11.2. The molecule has 0 spiro atoms. The van der Waals surface area contributed by atoms with Crippen LogP contribution in [0, 0.1) is 0 Å². The van der Waals surface area contributed by atoms with Crippen LogP contribution in [0.15, 0.2) is 48.5 Å². The van der Waals surface area contributed by atoms with E-state index in [2.05, 4.69) is 0 Å². The Morgan fingerprint density at radius 1 is 0.962 bits per heavy atom. The van der Waals surface area contributed by atoms with Gasteiger partial charge in [-0.2, -0.15) is 0 Å². The number of rotatable bonds is 7. The molecule has 0 atom stereocenters. The Balaban J connectivity index is 0.00000338. The van der Waals surface area contributed by atoms with Crippen molar-refractivity contribution in [1.29, 1.82) is 0 Å². The third-order valence-electron chi connectivity index (χ3n) is 3.75. The summed E-state index contributed by atoms with van der Waals surface area (Å²) in [6.45, 7) is 1.16. The zero-order chi connectivity index (χ0) is 18.4. The standard InChI is InChI=1S/C21H26N2O2.ClH/c1-22(2)14-18-12-17(13-19(21(18)25)15-23(3)4)20(24)11-10-16-8-6-5-7-9-16;/h5-13,25H,14-15H2,1-4H3;1H/b11-10+;. The SMILES string of the molecule is CN(C)Cc1cc(C(=O)/C=C/c2ccccc2)cc(CN(C)C)c1O.Cl. The molecule has 2 aromatic carbocycles. The molecule has 0 aliphatic rings. The molecule has 0 aliphatic carbocycles. The Kier molecular flexibility index (Phi) is 8.52. The first-order valence-electron chi connectivity index (χ1n) is 8.28. The second kappa shape index (κ2) is 10.1. The predicted octanol–water partition coefficient (Wildman–Crippen LogP) is 3.83. The highest BCUT2D eigenvalue weighted by Gasteiger charge is 2.14. The topological polar surface area (TPSA) is 43.8 Å². The number of hydrogen-bond donors (Lipinski definition) is 1. The van der Waals surface area contributed by atoms with Crippen molar-refractivity contribution in [2.75, 3.05) is 28.2 Å². The molecule has 0 heterocycles. The average Bonchev–Trinajstić information content (AvgIpc) is 2.56. The number of ketones is 1. The monoisotopic (exact) mass is 374 g/mol. The van der Waals surface area contributed by atoms with Crippen LogP contribution in [0.4, 0.5) is 0 Å². The molecular formula is C21H27ClN2O2. The Morgan fingerprint density at radius 3 is 1.92 bits per heavy atom. The summed E-state index contributed by atoms with van der Waals surface area (Å²) < 4.78 is 0. The van der Waals surface area contributed by atoms with Crippen LogP contribution >= 0.6 is 12.4 Å². The minimum atomic E-state index is -0.0659. The number of carbonyl (C=O) groups is 1. The summed E-state index contributed by atoms with van der Waals surface area (Å²) >= 11 is 0. The van der Waals surface area contributed by atoms with E-state index in [1.807, 2.05) is 74.4 Å². The van der Waals surface area contributed by atoms with Crippen molar-refractivity contribution in [3.63, 3.8) is 0 Å². The molecule has 2 aromatic rings. The lowest BCUT2D eigenvalue weighted by atomic mass is 10.00. The molecule has 0 fully saturated rings. The van der Waals surface area contributed by atoms with Gasteiger partial charge in [-0.3, -0.25) is 4.79 Å². The lowest BCUT2D eigenvalue weighted by Gasteiger charge is -2.17. The number of allylic oxidation sites excluding steroid dienone is 1. The zero-order valence-corrected chi connectivity index (χ0v) is 16.6. The van der Waals surface area contributed by atoms with Crippen LogP contribution in [0.25, 0.3) is 6.08 Å². The molecule has 5 heteroatoms. The number of hydrogen-bond acceptors (Lipinski definition) is 4. The summed E-state index contributed by atoms with van der Waals surface area (Å²) in [7, 11) is 7.76. The maximum atomic E-state index is 12.6. The van der Waals surface area contributed by atoms with Gasteiger partial charge in [-0.05, 0) is 52.0 Å². The maximum absolute atomic E-state index is 12.6. The largest absolute Gasteiger partial charge is 0.507 e. The smallest absolute Gasteiger partial charge is 0.185 e. The van der Waals surface area contributed by atoms with Gasteiger partial charge in [0.15, 0.2) is 5.78 Å². The van der Waals surface area contributed by atoms with E-state index < -0.39 is 0 Å². The van der Waals surface area contributed by atoms with E-state index in [4.69, 9.17) is 0 Å². The van der Waals surface area contributed by atoms with Gasteiger partial charge < -0.3 is 14.9 Å². The quantitative estimate of drug-likeness (QED) is 0.590. The molecule has 140 valence electrons. The third-order valence-corrected chi connectivity index (χ3v) is 3.75. The molecule has 0 saturated carbocycles. The summed E-state index contributed by atoms with van der Waals surface area (Å²) in [6.07, 6.45) is 3.40. The first-order chi connectivity index (χ1) is 11.9. The molecule has 26 heavy (non-hydrogen) atoms. The zero-order valence-electron chi connectivity index (χ0n) is 15.8. The van der Waals surface area contributed by atoms with Crippen LogP contribution in [0.5, 0.6) is 5.75 Å². The van der Waals surface area contributed by atoms with Gasteiger partial charge in [-0.15, -0.1) is 12.4 Å². The van der Waals surface area contributed by atoms with Gasteiger partial charge in [0.05, 0.1) is 0 Å². The molecule has 0 saturated heterocycles. The highest BCUT2D eigenvalue weighted by molar-refractivity contribution is 6.07. The van der Waals surface area contributed by atoms with Crippen molar-refractivity contribution in [2.24, 2.45) is 0 Å². The fourth-order valence-corrected chi connectivity index (χ4v) is 2.66. The number of nitrogens with zero attached hydrogens (tertiary/aromatic N) is 2. The fraction of sp³-hybridized carbons (Fsp3) is 0.286. The van der Waals surface area contributed by atoms with Crippen LogP contribution < -0.4 is 0 Å². The van der Waals surface area contributed by atoms with Crippen molar-refractivity contribution in [1.82, 2.24) is 9.80 Å². The highest BCUT2D eigenvalue weighted by atomic mass is 35.5. The first-order valence-corrected chi connectivity index (χ1v) is 8.28. The summed E-state index contributed by atoms with van der Waals surface area (Å²) in [5, 5.41) is 10.5. The molecule has 0 aliphatic heterocycles. The van der Waals surface area contributed by atoms with Crippen LogP contribution in [0.2, 0.25) is 0 Å². The van der Waals surface area contributed by atoms with Gasteiger partial charge in [0.25, 0.3) is 0 Å². The number of benzene rings is 2. The van der Waals surface area contributed by atoms with Gasteiger partial charge in [0, 0.05) is 29.8 Å².